The standard InChI is InChI=1S/C28H28O3Si/c1-2-30-28(29)27(23-15-7-3-8-16-23)31-32(24-17-9-4-10-18-24,25-19-11-5-12-20-25)26-21-13-6-14-22-26/h3-5,7-22,26-27H,2,6H2,1H3. The first-order chi connectivity index (χ1) is 15.8. The molecule has 3 aromatic carbocycles. The minimum Gasteiger partial charge on any atom is -0.464 e. The SMILES string of the molecule is CCOC(=O)C(O[Si](c1ccccc1)(c1ccccc1)C1C=CCC=C1)c1ccccc1. The second-order valence-corrected chi connectivity index (χ2v) is 11.3. The molecule has 0 heterocycles. The summed E-state index contributed by atoms with van der Waals surface area (Å²) in [6.45, 7) is 2.13. The topological polar surface area (TPSA) is 35.5 Å². The summed E-state index contributed by atoms with van der Waals surface area (Å²) >= 11 is 0. The van der Waals surface area contributed by atoms with E-state index in [2.05, 4.69) is 48.6 Å². The maximum Gasteiger partial charge on any atom is 0.338 e. The number of carbonyl (C=O) groups is 1. The molecule has 0 aromatic heterocycles. The van der Waals surface area contributed by atoms with Gasteiger partial charge in [0.15, 0.2) is 6.10 Å². The van der Waals surface area contributed by atoms with Crippen molar-refractivity contribution in [2.45, 2.75) is 25.0 Å². The third kappa shape index (κ3) is 4.52. The summed E-state index contributed by atoms with van der Waals surface area (Å²) in [5, 5.41) is 2.25. The van der Waals surface area contributed by atoms with Crippen molar-refractivity contribution in [3.8, 4) is 0 Å². The Morgan fingerprint density at radius 3 is 1.84 bits per heavy atom. The Morgan fingerprint density at radius 2 is 1.34 bits per heavy atom. The number of allylic oxidation sites excluding steroid dienone is 4. The van der Waals surface area contributed by atoms with Crippen LogP contribution in [0.4, 0.5) is 0 Å². The van der Waals surface area contributed by atoms with Crippen molar-refractivity contribution in [2.24, 2.45) is 0 Å². The number of hydrogen-bond donors (Lipinski definition) is 0. The molecule has 4 rings (SSSR count). The van der Waals surface area contributed by atoms with Gasteiger partial charge in [-0.15, -0.1) is 0 Å². The maximum atomic E-state index is 13.2. The number of ether oxygens (including phenoxy) is 1. The molecule has 0 saturated heterocycles. The first kappa shape index (κ1) is 22.0. The van der Waals surface area contributed by atoms with Crippen LogP contribution in [0.5, 0.6) is 0 Å². The zero-order valence-electron chi connectivity index (χ0n) is 18.3. The summed E-state index contributed by atoms with van der Waals surface area (Å²) in [4.78, 5) is 13.2. The summed E-state index contributed by atoms with van der Waals surface area (Å²) in [5.41, 5.74) is 0.847. The van der Waals surface area contributed by atoms with Gasteiger partial charge in [0.2, 0.25) is 0 Å². The number of carbonyl (C=O) groups excluding carboxylic acids is 1. The average Bonchev–Trinajstić information content (AvgIpc) is 2.87. The molecule has 32 heavy (non-hydrogen) atoms. The highest BCUT2D eigenvalue weighted by Gasteiger charge is 2.48. The number of esters is 1. The van der Waals surface area contributed by atoms with Crippen molar-refractivity contribution >= 4 is 24.7 Å². The second-order valence-electron chi connectivity index (χ2n) is 7.75. The highest BCUT2D eigenvalue weighted by Crippen LogP contribution is 2.34. The van der Waals surface area contributed by atoms with Gasteiger partial charge in [-0.3, -0.25) is 0 Å². The predicted molar refractivity (Wildman–Crippen MR) is 131 cm³/mol. The molecule has 162 valence electrons. The Hall–Kier alpha value is -3.21. The summed E-state index contributed by atoms with van der Waals surface area (Å²) in [7, 11) is -2.96. The number of benzene rings is 3. The van der Waals surface area contributed by atoms with Gasteiger partial charge in [-0.2, -0.15) is 0 Å². The van der Waals surface area contributed by atoms with E-state index in [-0.39, 0.29) is 11.5 Å². The first-order valence-electron chi connectivity index (χ1n) is 11.1. The smallest absolute Gasteiger partial charge is 0.338 e. The van der Waals surface area contributed by atoms with E-state index < -0.39 is 14.4 Å². The zero-order chi connectivity index (χ0) is 22.2. The van der Waals surface area contributed by atoms with Crippen LogP contribution in [-0.4, -0.2) is 20.9 Å². The van der Waals surface area contributed by atoms with E-state index in [1.165, 1.54) is 0 Å². The molecule has 1 aliphatic rings. The Labute approximate surface area is 191 Å². The van der Waals surface area contributed by atoms with Crippen LogP contribution in [-0.2, 0) is 14.0 Å². The Balaban J connectivity index is 1.93. The average molecular weight is 441 g/mol. The molecule has 0 bridgehead atoms. The molecule has 0 radical (unpaired) electrons. The lowest BCUT2D eigenvalue weighted by atomic mass is 10.1. The van der Waals surface area contributed by atoms with Crippen LogP contribution in [0.15, 0.2) is 115 Å². The Bertz CT molecular complexity index is 1010. The molecule has 1 unspecified atom stereocenters. The molecular formula is C28H28O3Si. The lowest BCUT2D eigenvalue weighted by Crippen LogP contribution is -2.64. The molecule has 0 saturated carbocycles. The van der Waals surface area contributed by atoms with Gasteiger partial charge in [-0.25, -0.2) is 4.79 Å². The normalized spacial score (nSPS) is 14.8. The van der Waals surface area contributed by atoms with Gasteiger partial charge >= 0.3 is 5.97 Å². The number of rotatable bonds is 8. The van der Waals surface area contributed by atoms with Gasteiger partial charge in [0.05, 0.1) is 6.61 Å². The van der Waals surface area contributed by atoms with E-state index in [9.17, 15) is 4.79 Å². The van der Waals surface area contributed by atoms with Crippen molar-refractivity contribution in [1.82, 2.24) is 0 Å². The lowest BCUT2D eigenvalue weighted by Gasteiger charge is -2.39. The fourth-order valence-corrected chi connectivity index (χ4v) is 8.61. The van der Waals surface area contributed by atoms with E-state index in [1.54, 1.807) is 0 Å². The van der Waals surface area contributed by atoms with Gasteiger partial charge in [-0.05, 0) is 29.3 Å². The fourth-order valence-electron chi connectivity index (χ4n) is 4.29. The summed E-state index contributed by atoms with van der Waals surface area (Å²) in [6, 6.07) is 30.4. The molecule has 3 aromatic rings. The van der Waals surface area contributed by atoms with Crippen molar-refractivity contribution in [3.05, 3.63) is 121 Å². The highest BCUT2D eigenvalue weighted by atomic mass is 28.4. The summed E-state index contributed by atoms with van der Waals surface area (Å²) < 4.78 is 12.6. The first-order valence-corrected chi connectivity index (χ1v) is 13.1. The van der Waals surface area contributed by atoms with Crippen LogP contribution >= 0.6 is 0 Å². The van der Waals surface area contributed by atoms with Gasteiger partial charge < -0.3 is 9.16 Å². The van der Waals surface area contributed by atoms with Crippen molar-refractivity contribution in [3.63, 3.8) is 0 Å². The van der Waals surface area contributed by atoms with E-state index in [0.29, 0.717) is 6.61 Å². The Morgan fingerprint density at radius 1 is 0.844 bits per heavy atom. The lowest BCUT2D eigenvalue weighted by molar-refractivity contribution is -0.152. The molecule has 3 nitrogen and oxygen atoms in total. The molecule has 0 spiro atoms. The van der Waals surface area contributed by atoms with Gasteiger partial charge in [-0.1, -0.05) is 115 Å². The van der Waals surface area contributed by atoms with E-state index in [4.69, 9.17) is 9.16 Å². The van der Waals surface area contributed by atoms with Gasteiger partial charge in [0.25, 0.3) is 8.32 Å². The summed E-state index contributed by atoms with van der Waals surface area (Å²) in [6.07, 6.45) is 8.93. The molecule has 0 N–H and O–H groups in total. The molecular weight excluding hydrogens is 412 g/mol. The Kier molecular flexibility index (Phi) is 7.15. The molecule has 1 atom stereocenters. The molecule has 4 heteroatoms. The molecule has 0 amide bonds. The fraction of sp³-hybridized carbons (Fsp3) is 0.179. The second kappa shape index (κ2) is 10.4. The third-order valence-corrected chi connectivity index (χ3v) is 10.1. The minimum absolute atomic E-state index is 0.0432. The van der Waals surface area contributed by atoms with Crippen molar-refractivity contribution in [1.29, 1.82) is 0 Å². The van der Waals surface area contributed by atoms with Crippen molar-refractivity contribution < 1.29 is 14.0 Å². The quantitative estimate of drug-likeness (QED) is 0.282. The van der Waals surface area contributed by atoms with Gasteiger partial charge in [0, 0.05) is 5.54 Å². The van der Waals surface area contributed by atoms with Crippen LogP contribution in [0, 0.1) is 0 Å². The van der Waals surface area contributed by atoms with Crippen LogP contribution in [0.2, 0.25) is 5.54 Å². The third-order valence-electron chi connectivity index (χ3n) is 5.74. The highest BCUT2D eigenvalue weighted by molar-refractivity contribution is 6.99. The molecule has 0 fully saturated rings. The van der Waals surface area contributed by atoms with Crippen LogP contribution < -0.4 is 10.4 Å². The van der Waals surface area contributed by atoms with E-state index in [0.717, 1.165) is 22.4 Å². The maximum absolute atomic E-state index is 13.2. The number of hydrogen-bond acceptors (Lipinski definition) is 3. The van der Waals surface area contributed by atoms with Crippen LogP contribution in [0.3, 0.4) is 0 Å². The molecule has 1 aliphatic carbocycles. The summed E-state index contributed by atoms with van der Waals surface area (Å²) in [5.74, 6) is -0.355. The van der Waals surface area contributed by atoms with Gasteiger partial charge in [0.1, 0.15) is 0 Å². The zero-order valence-corrected chi connectivity index (χ0v) is 19.3. The van der Waals surface area contributed by atoms with E-state index >= 15 is 0 Å². The molecule has 0 aliphatic heterocycles. The largest absolute Gasteiger partial charge is 0.464 e. The predicted octanol–water partition coefficient (Wildman–Crippen LogP) is 4.95. The van der Waals surface area contributed by atoms with Crippen molar-refractivity contribution in [2.75, 3.05) is 6.61 Å². The van der Waals surface area contributed by atoms with E-state index in [1.807, 2.05) is 73.7 Å². The monoisotopic (exact) mass is 440 g/mol. The van der Waals surface area contributed by atoms with Crippen LogP contribution in [0.25, 0.3) is 0 Å². The minimum atomic E-state index is -2.96. The van der Waals surface area contributed by atoms with Crippen LogP contribution in [0.1, 0.15) is 25.0 Å².